The maximum atomic E-state index is 12.5. The summed E-state index contributed by atoms with van der Waals surface area (Å²) in [5.41, 5.74) is 0. The second-order valence-electron chi connectivity index (χ2n) is 21.4. The number of aliphatic hydroxyl groups excluding tert-OH is 2. The Hall–Kier alpha value is -3.99. The highest BCUT2D eigenvalue weighted by molar-refractivity contribution is 5.76. The molecule has 3 N–H and O–H groups in total. The van der Waals surface area contributed by atoms with Gasteiger partial charge < -0.3 is 15.5 Å². The average Bonchev–Trinajstić information content (AvgIpc) is 3.44. The van der Waals surface area contributed by atoms with E-state index < -0.39 is 12.1 Å². The summed E-state index contributed by atoms with van der Waals surface area (Å²) in [6.45, 7) is 4.19. The van der Waals surface area contributed by atoms with Gasteiger partial charge in [-0.1, -0.05) is 320 Å². The van der Waals surface area contributed by atoms with Crippen molar-refractivity contribution in [2.24, 2.45) is 0 Å². The Morgan fingerprint density at radius 2 is 0.577 bits per heavy atom. The summed E-state index contributed by atoms with van der Waals surface area (Å²) in [5.74, 6) is -0.0893. The van der Waals surface area contributed by atoms with Gasteiger partial charge in [-0.15, -0.1) is 0 Å². The Morgan fingerprint density at radius 1 is 0.321 bits per heavy atom. The molecule has 2 atom stereocenters. The third kappa shape index (κ3) is 62.8. The van der Waals surface area contributed by atoms with Crippen molar-refractivity contribution in [3.63, 3.8) is 0 Å². The Balaban J connectivity index is 3.65. The normalized spacial score (nSPS) is 13.8. The molecule has 0 aliphatic carbocycles. The number of unbranched alkanes of at least 4 members (excludes halogenated alkanes) is 27. The second-order valence-corrected chi connectivity index (χ2v) is 21.4. The zero-order chi connectivity index (χ0) is 56.2. The van der Waals surface area contributed by atoms with Crippen LogP contribution in [0.3, 0.4) is 0 Å². The summed E-state index contributed by atoms with van der Waals surface area (Å²) in [6, 6.07) is -0.658. The topological polar surface area (TPSA) is 69.6 Å². The van der Waals surface area contributed by atoms with Crippen LogP contribution in [-0.2, 0) is 4.79 Å². The summed E-state index contributed by atoms with van der Waals surface area (Å²) >= 11 is 0. The van der Waals surface area contributed by atoms with Crippen molar-refractivity contribution in [2.75, 3.05) is 6.61 Å². The summed E-state index contributed by atoms with van der Waals surface area (Å²) in [7, 11) is 0. The Bertz CT molecular complexity index is 1640. The third-order valence-corrected chi connectivity index (χ3v) is 14.0. The fourth-order valence-corrected chi connectivity index (χ4v) is 9.08. The van der Waals surface area contributed by atoms with E-state index in [1.807, 2.05) is 6.08 Å². The molecule has 442 valence electrons. The van der Waals surface area contributed by atoms with Crippen LogP contribution in [0.5, 0.6) is 0 Å². The predicted molar refractivity (Wildman–Crippen MR) is 349 cm³/mol. The standard InChI is InChI=1S/C74H123NO3/c1-3-5-7-9-11-13-15-17-19-21-23-25-27-29-30-31-32-33-34-35-36-37-38-39-40-41-42-43-44-46-48-50-52-54-56-58-60-62-64-66-68-70-74(78)75-72(71-76)73(77)69-67-65-63-61-59-57-55-53-51-49-47-45-28-26-24-22-20-18-16-14-12-10-8-6-4-2/h5,7,11,13,17,19,23,25,29-30,32-33,35-36,38-39,41-42,44,46,50,52,59,61,67,69,72-73,76-77H,3-4,6,8-10,12,14-16,18,20-22,24,26-28,31,34,37,40,43,45,47-49,51,53-58,60,62-66,68,70-71H2,1-2H3,(H,75,78)/b7-5-,13-11-,19-17-,25-23-,30-29-,33-32-,36-35-,39-38-,42-41-,46-44-,52-50-,61-59+,69-67+. The summed E-state index contributed by atoms with van der Waals surface area (Å²) in [5, 5.41) is 23.2. The molecule has 0 spiro atoms. The van der Waals surface area contributed by atoms with Crippen LogP contribution in [0.15, 0.2) is 158 Å². The fourth-order valence-electron chi connectivity index (χ4n) is 9.08. The van der Waals surface area contributed by atoms with Crippen LogP contribution >= 0.6 is 0 Å². The van der Waals surface area contributed by atoms with E-state index in [2.05, 4.69) is 165 Å². The number of hydrogen-bond donors (Lipinski definition) is 3. The molecule has 4 heteroatoms. The number of carbonyl (C=O) groups excluding carboxylic acids is 1. The van der Waals surface area contributed by atoms with Crippen molar-refractivity contribution in [1.82, 2.24) is 5.32 Å². The molecule has 0 heterocycles. The molecule has 0 aliphatic rings. The Morgan fingerprint density at radius 3 is 0.897 bits per heavy atom. The highest BCUT2D eigenvalue weighted by Gasteiger charge is 2.18. The lowest BCUT2D eigenvalue weighted by molar-refractivity contribution is -0.123. The van der Waals surface area contributed by atoms with Gasteiger partial charge in [-0.3, -0.25) is 4.79 Å². The van der Waals surface area contributed by atoms with Crippen molar-refractivity contribution < 1.29 is 15.0 Å². The molecule has 4 nitrogen and oxygen atoms in total. The van der Waals surface area contributed by atoms with Crippen LogP contribution in [0.4, 0.5) is 0 Å². The number of rotatable bonds is 58. The maximum absolute atomic E-state index is 12.5. The molecular weight excluding hydrogens is 951 g/mol. The molecule has 0 rings (SSSR count). The molecule has 0 bridgehead atoms. The highest BCUT2D eigenvalue weighted by Crippen LogP contribution is 2.16. The Labute approximate surface area is 484 Å². The van der Waals surface area contributed by atoms with E-state index in [1.165, 1.54) is 148 Å². The number of nitrogens with one attached hydrogen (secondary N) is 1. The lowest BCUT2D eigenvalue weighted by Crippen LogP contribution is -2.45. The number of hydrogen-bond acceptors (Lipinski definition) is 3. The molecule has 0 aromatic heterocycles. The fraction of sp³-hybridized carbons (Fsp3) is 0.635. The monoisotopic (exact) mass is 1070 g/mol. The van der Waals surface area contributed by atoms with Crippen LogP contribution in [0.2, 0.25) is 0 Å². The van der Waals surface area contributed by atoms with Gasteiger partial charge in [0.25, 0.3) is 0 Å². The van der Waals surface area contributed by atoms with Crippen LogP contribution in [0.25, 0.3) is 0 Å². The van der Waals surface area contributed by atoms with Crippen LogP contribution < -0.4 is 5.32 Å². The minimum Gasteiger partial charge on any atom is -0.394 e. The molecule has 1 amide bonds. The molecule has 0 saturated carbocycles. The van der Waals surface area contributed by atoms with Crippen LogP contribution in [-0.4, -0.2) is 34.9 Å². The molecule has 0 aromatic rings. The van der Waals surface area contributed by atoms with Gasteiger partial charge in [0.2, 0.25) is 5.91 Å². The smallest absolute Gasteiger partial charge is 0.220 e. The van der Waals surface area contributed by atoms with Crippen molar-refractivity contribution in [2.45, 2.75) is 296 Å². The zero-order valence-electron chi connectivity index (χ0n) is 50.9. The van der Waals surface area contributed by atoms with E-state index >= 15 is 0 Å². The minimum atomic E-state index is -0.880. The van der Waals surface area contributed by atoms with Crippen LogP contribution in [0.1, 0.15) is 284 Å². The molecule has 0 aliphatic heterocycles. The van der Waals surface area contributed by atoms with E-state index in [0.717, 1.165) is 116 Å². The maximum Gasteiger partial charge on any atom is 0.220 e. The molecular formula is C74H123NO3. The summed E-state index contributed by atoms with van der Waals surface area (Å²) in [6.07, 6.45) is 107. The van der Waals surface area contributed by atoms with E-state index in [0.29, 0.717) is 6.42 Å². The Kier molecular flexibility index (Phi) is 63.8. The predicted octanol–water partition coefficient (Wildman–Crippen LogP) is 22.5. The van der Waals surface area contributed by atoms with Crippen molar-refractivity contribution in [1.29, 1.82) is 0 Å². The first-order valence-electron chi connectivity index (χ1n) is 32.7. The second kappa shape index (κ2) is 67.3. The van der Waals surface area contributed by atoms with Gasteiger partial charge in [-0.05, 0) is 116 Å². The van der Waals surface area contributed by atoms with Gasteiger partial charge in [0.1, 0.15) is 0 Å². The summed E-state index contributed by atoms with van der Waals surface area (Å²) in [4.78, 5) is 12.5. The van der Waals surface area contributed by atoms with Gasteiger partial charge in [0.05, 0.1) is 18.8 Å². The van der Waals surface area contributed by atoms with E-state index in [1.54, 1.807) is 6.08 Å². The zero-order valence-corrected chi connectivity index (χ0v) is 50.9. The molecule has 0 radical (unpaired) electrons. The van der Waals surface area contributed by atoms with Crippen molar-refractivity contribution >= 4 is 5.91 Å². The molecule has 0 aromatic carbocycles. The van der Waals surface area contributed by atoms with Crippen LogP contribution in [0, 0.1) is 0 Å². The number of carbonyl (C=O) groups is 1. The van der Waals surface area contributed by atoms with Gasteiger partial charge in [-0.2, -0.15) is 0 Å². The molecule has 78 heavy (non-hydrogen) atoms. The number of aliphatic hydroxyl groups is 2. The van der Waals surface area contributed by atoms with E-state index in [9.17, 15) is 15.0 Å². The first-order chi connectivity index (χ1) is 38.7. The lowest BCUT2D eigenvalue weighted by atomic mass is 10.0. The molecule has 0 saturated heterocycles. The van der Waals surface area contributed by atoms with E-state index in [4.69, 9.17) is 0 Å². The quantitative estimate of drug-likeness (QED) is 0.0420. The molecule has 2 unspecified atom stereocenters. The van der Waals surface area contributed by atoms with E-state index in [-0.39, 0.29) is 12.5 Å². The van der Waals surface area contributed by atoms with Gasteiger partial charge in [0, 0.05) is 6.42 Å². The number of allylic oxidation sites excluding steroid dienone is 25. The van der Waals surface area contributed by atoms with Gasteiger partial charge >= 0.3 is 0 Å². The first kappa shape index (κ1) is 74.0. The first-order valence-corrected chi connectivity index (χ1v) is 32.7. The highest BCUT2D eigenvalue weighted by atomic mass is 16.3. The van der Waals surface area contributed by atoms with Crippen molar-refractivity contribution in [3.05, 3.63) is 158 Å². The molecule has 0 fully saturated rings. The largest absolute Gasteiger partial charge is 0.394 e. The number of amides is 1. The summed E-state index contributed by atoms with van der Waals surface area (Å²) < 4.78 is 0. The van der Waals surface area contributed by atoms with Crippen molar-refractivity contribution in [3.8, 4) is 0 Å². The SMILES string of the molecule is CC/C=C\C/C=C\C/C=C\C/C=C\C/C=C\C/C=C\C/C=C\C/C=C\C/C=C\C/C=C\C/C=C\CCCCCCCCCC(=O)NC(CO)C(O)/C=C/CC/C=C/CCCCCCCCCCCCCCCCCCCCC. The lowest BCUT2D eigenvalue weighted by Gasteiger charge is -2.19. The van der Waals surface area contributed by atoms with Gasteiger partial charge in [-0.25, -0.2) is 0 Å². The average molecular weight is 1070 g/mol. The third-order valence-electron chi connectivity index (χ3n) is 14.0. The minimum absolute atomic E-state index is 0.0893. The van der Waals surface area contributed by atoms with Gasteiger partial charge in [0.15, 0.2) is 0 Å².